The molecule has 0 amide bonds. The first-order valence-electron chi connectivity index (χ1n) is 7.42. The molecule has 3 aromatic rings. The zero-order chi connectivity index (χ0) is 18.0. The zero-order valence-electron chi connectivity index (χ0n) is 13.2. The molecule has 0 saturated carbocycles. The van der Waals surface area contributed by atoms with Crippen molar-refractivity contribution >= 4 is 21.6 Å². The van der Waals surface area contributed by atoms with E-state index < -0.39 is 26.8 Å². The van der Waals surface area contributed by atoms with Crippen molar-refractivity contribution in [2.75, 3.05) is 0 Å². The first kappa shape index (κ1) is 17.6. The predicted octanol–water partition coefficient (Wildman–Crippen LogP) is 3.70. The number of imidazole rings is 1. The Morgan fingerprint density at radius 1 is 1.20 bits per heavy atom. The summed E-state index contributed by atoms with van der Waals surface area (Å²) in [6.07, 6.45) is 5.15. The molecule has 3 rings (SSSR count). The first-order chi connectivity index (χ1) is 11.9. The molecule has 0 spiro atoms. The molecular formula is C17H15ClFN3O2S. The van der Waals surface area contributed by atoms with E-state index in [0.29, 0.717) is 0 Å². The van der Waals surface area contributed by atoms with E-state index in [-0.39, 0.29) is 5.02 Å². The van der Waals surface area contributed by atoms with Gasteiger partial charge in [0.15, 0.2) is 0 Å². The lowest BCUT2D eigenvalue weighted by atomic mass is 10.1. The summed E-state index contributed by atoms with van der Waals surface area (Å²) >= 11 is 5.66. The molecule has 0 bridgehead atoms. The molecule has 1 heterocycles. The number of benzene rings is 2. The normalized spacial score (nSPS) is 12.9. The maximum Gasteiger partial charge on any atom is 0.244 e. The molecule has 2 aromatic carbocycles. The van der Waals surface area contributed by atoms with Gasteiger partial charge in [-0.25, -0.2) is 22.5 Å². The Hall–Kier alpha value is -2.22. The lowest BCUT2D eigenvalue weighted by molar-refractivity contribution is 0.547. The second-order valence-electron chi connectivity index (χ2n) is 5.48. The molecule has 0 aliphatic rings. The van der Waals surface area contributed by atoms with Crippen LogP contribution in [-0.4, -0.2) is 18.0 Å². The molecule has 8 heteroatoms. The standard InChI is InChI=1S/C17H15ClFN3O2S/c1-12(13-2-5-15(6-3-13)22-9-8-20-11-22)21-25(23,24)17-7-4-14(18)10-16(17)19/h2-12,21H,1H3/t12-/m1/s1. The van der Waals surface area contributed by atoms with Crippen LogP contribution in [-0.2, 0) is 10.0 Å². The molecule has 25 heavy (non-hydrogen) atoms. The Morgan fingerprint density at radius 2 is 1.92 bits per heavy atom. The summed E-state index contributed by atoms with van der Waals surface area (Å²) in [7, 11) is -4.01. The zero-order valence-corrected chi connectivity index (χ0v) is 14.8. The molecule has 0 unspecified atom stereocenters. The third-order valence-electron chi connectivity index (χ3n) is 3.71. The van der Waals surface area contributed by atoms with Crippen molar-refractivity contribution in [3.05, 3.63) is 77.6 Å². The molecule has 0 radical (unpaired) electrons. The summed E-state index contributed by atoms with van der Waals surface area (Å²) < 4.78 is 43.0. The Bertz CT molecular complexity index is 974. The largest absolute Gasteiger partial charge is 0.306 e. The second-order valence-corrected chi connectivity index (χ2v) is 7.60. The monoisotopic (exact) mass is 379 g/mol. The van der Waals surface area contributed by atoms with Gasteiger partial charge < -0.3 is 4.57 Å². The summed E-state index contributed by atoms with van der Waals surface area (Å²) in [5, 5.41) is 0.139. The summed E-state index contributed by atoms with van der Waals surface area (Å²) in [6.45, 7) is 1.69. The van der Waals surface area contributed by atoms with Crippen LogP contribution < -0.4 is 4.72 Å². The number of nitrogens with zero attached hydrogens (tertiary/aromatic N) is 2. The Labute approximate surface area is 150 Å². The lowest BCUT2D eigenvalue weighted by Gasteiger charge is -2.16. The van der Waals surface area contributed by atoms with Crippen molar-refractivity contribution in [3.63, 3.8) is 0 Å². The van der Waals surface area contributed by atoms with Crippen molar-refractivity contribution in [2.45, 2.75) is 17.9 Å². The minimum Gasteiger partial charge on any atom is -0.306 e. The van der Waals surface area contributed by atoms with Crippen LogP contribution in [0.4, 0.5) is 4.39 Å². The molecule has 1 aromatic heterocycles. The molecule has 1 atom stereocenters. The third-order valence-corrected chi connectivity index (χ3v) is 5.52. The molecule has 0 saturated heterocycles. The number of nitrogens with one attached hydrogen (secondary N) is 1. The second kappa shape index (κ2) is 6.95. The van der Waals surface area contributed by atoms with Gasteiger partial charge >= 0.3 is 0 Å². The minimum absolute atomic E-state index is 0.139. The molecule has 0 aliphatic heterocycles. The van der Waals surface area contributed by atoms with Crippen molar-refractivity contribution < 1.29 is 12.8 Å². The topological polar surface area (TPSA) is 64.0 Å². The molecule has 5 nitrogen and oxygen atoms in total. The maximum atomic E-state index is 13.9. The number of rotatable bonds is 5. The number of sulfonamides is 1. The van der Waals surface area contributed by atoms with Crippen molar-refractivity contribution in [3.8, 4) is 5.69 Å². The van der Waals surface area contributed by atoms with Crippen LogP contribution in [0.3, 0.4) is 0 Å². The van der Waals surface area contributed by atoms with Gasteiger partial charge in [0.05, 0.1) is 6.33 Å². The van der Waals surface area contributed by atoms with E-state index in [2.05, 4.69) is 9.71 Å². The summed E-state index contributed by atoms with van der Waals surface area (Å²) in [4.78, 5) is 3.55. The Morgan fingerprint density at radius 3 is 2.52 bits per heavy atom. The highest BCUT2D eigenvalue weighted by atomic mass is 35.5. The van der Waals surface area contributed by atoms with Gasteiger partial charge in [-0.15, -0.1) is 0 Å². The average Bonchev–Trinajstić information content (AvgIpc) is 3.08. The van der Waals surface area contributed by atoms with Crippen molar-refractivity contribution in [2.24, 2.45) is 0 Å². The van der Waals surface area contributed by atoms with Crippen LogP contribution in [0.5, 0.6) is 0 Å². The highest BCUT2D eigenvalue weighted by Gasteiger charge is 2.22. The number of hydrogen-bond donors (Lipinski definition) is 1. The molecular weight excluding hydrogens is 365 g/mol. The van der Waals surface area contributed by atoms with Crippen LogP contribution >= 0.6 is 11.6 Å². The molecule has 0 fully saturated rings. The Kier molecular flexibility index (Phi) is 4.89. The van der Waals surface area contributed by atoms with E-state index >= 15 is 0 Å². The fourth-order valence-corrected chi connectivity index (χ4v) is 3.85. The van der Waals surface area contributed by atoms with Crippen LogP contribution in [0.25, 0.3) is 5.69 Å². The van der Waals surface area contributed by atoms with Crippen LogP contribution in [0.15, 0.2) is 66.1 Å². The number of halogens is 2. The van der Waals surface area contributed by atoms with Gasteiger partial charge in [0, 0.05) is 29.1 Å². The van der Waals surface area contributed by atoms with Crippen LogP contribution in [0, 0.1) is 5.82 Å². The third kappa shape index (κ3) is 3.89. The van der Waals surface area contributed by atoms with E-state index in [1.165, 1.54) is 6.07 Å². The molecule has 0 aliphatic carbocycles. The number of aromatic nitrogens is 2. The first-order valence-corrected chi connectivity index (χ1v) is 9.28. The highest BCUT2D eigenvalue weighted by molar-refractivity contribution is 7.89. The lowest BCUT2D eigenvalue weighted by Crippen LogP contribution is -2.27. The fraction of sp³-hybridized carbons (Fsp3) is 0.118. The highest BCUT2D eigenvalue weighted by Crippen LogP contribution is 2.22. The van der Waals surface area contributed by atoms with Gasteiger partial charge in [0.1, 0.15) is 10.7 Å². The summed E-state index contributed by atoms with van der Waals surface area (Å²) in [5.74, 6) is -0.886. The SMILES string of the molecule is C[C@@H](NS(=O)(=O)c1ccc(Cl)cc1F)c1ccc(-n2ccnc2)cc1. The van der Waals surface area contributed by atoms with Gasteiger partial charge in [-0.3, -0.25) is 0 Å². The average molecular weight is 380 g/mol. The van der Waals surface area contributed by atoms with E-state index in [9.17, 15) is 12.8 Å². The maximum absolute atomic E-state index is 13.9. The molecule has 130 valence electrons. The van der Waals surface area contributed by atoms with Gasteiger partial charge in [-0.1, -0.05) is 23.7 Å². The minimum atomic E-state index is -4.01. The van der Waals surface area contributed by atoms with E-state index in [0.717, 1.165) is 23.4 Å². The van der Waals surface area contributed by atoms with Gasteiger partial charge in [-0.2, -0.15) is 0 Å². The predicted molar refractivity (Wildman–Crippen MR) is 93.7 cm³/mol. The van der Waals surface area contributed by atoms with E-state index in [1.807, 2.05) is 22.9 Å². The van der Waals surface area contributed by atoms with Crippen molar-refractivity contribution in [1.29, 1.82) is 0 Å². The van der Waals surface area contributed by atoms with Crippen LogP contribution in [0.2, 0.25) is 5.02 Å². The smallest absolute Gasteiger partial charge is 0.244 e. The van der Waals surface area contributed by atoms with E-state index in [1.54, 1.807) is 31.6 Å². The number of hydrogen-bond acceptors (Lipinski definition) is 3. The van der Waals surface area contributed by atoms with Crippen LogP contribution in [0.1, 0.15) is 18.5 Å². The van der Waals surface area contributed by atoms with Gasteiger partial charge in [-0.05, 0) is 42.8 Å². The Balaban J connectivity index is 1.80. The quantitative estimate of drug-likeness (QED) is 0.735. The molecule has 1 N–H and O–H groups in total. The summed E-state index contributed by atoms with van der Waals surface area (Å²) in [5.41, 5.74) is 1.65. The summed E-state index contributed by atoms with van der Waals surface area (Å²) in [6, 6.07) is 10.2. The van der Waals surface area contributed by atoms with Gasteiger partial charge in [0.2, 0.25) is 10.0 Å². The fourth-order valence-electron chi connectivity index (χ4n) is 2.40. The van der Waals surface area contributed by atoms with Crippen molar-refractivity contribution in [1.82, 2.24) is 14.3 Å². The van der Waals surface area contributed by atoms with E-state index in [4.69, 9.17) is 11.6 Å². The van der Waals surface area contributed by atoms with Gasteiger partial charge in [0.25, 0.3) is 0 Å².